The molecule has 3 N–H and O–H groups in total. The first kappa shape index (κ1) is 24.2. The van der Waals surface area contributed by atoms with Gasteiger partial charge in [0.15, 0.2) is 17.2 Å². The van der Waals surface area contributed by atoms with Gasteiger partial charge in [0.2, 0.25) is 0 Å². The van der Waals surface area contributed by atoms with Gasteiger partial charge in [-0.2, -0.15) is 19.8 Å². The highest BCUT2D eigenvalue weighted by atomic mass is 16.2. The van der Waals surface area contributed by atoms with Gasteiger partial charge in [-0.3, -0.25) is 14.7 Å². The molecule has 202 valence electrons. The van der Waals surface area contributed by atoms with Crippen molar-refractivity contribution in [1.29, 1.82) is 0 Å². The molecule has 0 unspecified atom stereocenters. The van der Waals surface area contributed by atoms with Crippen LogP contribution in [0.4, 0.5) is 5.82 Å². The lowest BCUT2D eigenvalue weighted by molar-refractivity contribution is 0.0562. The summed E-state index contributed by atoms with van der Waals surface area (Å²) in [5.41, 5.74) is 11.4. The molecule has 0 aliphatic carbocycles. The summed E-state index contributed by atoms with van der Waals surface area (Å²) in [5, 5.41) is 15.5. The second-order valence-electron chi connectivity index (χ2n) is 10.7. The maximum Gasteiger partial charge on any atom is 0.272 e. The van der Waals surface area contributed by atoms with E-state index in [2.05, 4.69) is 25.4 Å². The van der Waals surface area contributed by atoms with Crippen LogP contribution in [0, 0.1) is 6.92 Å². The number of fused-ring (bicyclic) bond motifs is 3. The number of hydrogen-bond donors (Lipinski definition) is 2. The van der Waals surface area contributed by atoms with Crippen LogP contribution in [0.2, 0.25) is 0 Å². The Bertz CT molecular complexity index is 1740. The number of carbonyl (C=O) groups is 2. The molecule has 2 fully saturated rings. The van der Waals surface area contributed by atoms with Gasteiger partial charge in [0.25, 0.3) is 5.91 Å². The van der Waals surface area contributed by atoms with Crippen LogP contribution >= 0.6 is 0 Å². The molecule has 5 aromatic rings. The normalized spacial score (nSPS) is 20.4. The molecule has 2 aliphatic heterocycles. The fourth-order valence-electron chi connectivity index (χ4n) is 6.36. The fraction of sp³-hybridized carbons (Fsp3) is 0.321. The van der Waals surface area contributed by atoms with Gasteiger partial charge in [-0.1, -0.05) is 0 Å². The first-order valence-electron chi connectivity index (χ1n) is 13.4. The van der Waals surface area contributed by atoms with E-state index in [1.165, 1.54) is 11.4 Å². The molecular weight excluding hydrogens is 508 g/mol. The standard InChI is InChI=1S/C28H28N10O2/c1-15-11-32-36(14-15)23-6-3-17(12-30-23)21-13-33-38-26(29)24(16(2)39)25(34-27(21)38)18-9-19-4-5-20(10-18)37(19)28(40)22-7-8-31-35-22/h3,6-8,11-14,18-20H,4-5,9-10,29H2,1-2H3,(H,31,35)/t18-,19-,20+. The third-order valence-electron chi connectivity index (χ3n) is 8.15. The lowest BCUT2D eigenvalue weighted by Crippen LogP contribution is -2.46. The van der Waals surface area contributed by atoms with Crippen molar-refractivity contribution in [2.24, 2.45) is 0 Å². The summed E-state index contributed by atoms with van der Waals surface area (Å²) in [7, 11) is 0. The zero-order chi connectivity index (χ0) is 27.5. The van der Waals surface area contributed by atoms with Crippen LogP contribution in [0.15, 0.2) is 49.2 Å². The summed E-state index contributed by atoms with van der Waals surface area (Å²) < 4.78 is 3.26. The van der Waals surface area contributed by atoms with Crippen LogP contribution in [-0.4, -0.2) is 68.2 Å². The molecule has 2 saturated heterocycles. The van der Waals surface area contributed by atoms with Gasteiger partial charge in [-0.15, -0.1) is 0 Å². The Hall–Kier alpha value is -4.87. The van der Waals surface area contributed by atoms with E-state index in [-0.39, 0.29) is 35.5 Å². The number of aromatic nitrogens is 8. The number of hydrogen-bond acceptors (Lipinski definition) is 8. The smallest absolute Gasteiger partial charge is 0.272 e. The van der Waals surface area contributed by atoms with Crippen LogP contribution in [0.25, 0.3) is 22.6 Å². The van der Waals surface area contributed by atoms with Gasteiger partial charge in [0.1, 0.15) is 11.5 Å². The van der Waals surface area contributed by atoms with Crippen molar-refractivity contribution >= 4 is 23.2 Å². The highest BCUT2D eigenvalue weighted by molar-refractivity contribution is 6.00. The molecule has 0 radical (unpaired) electrons. The van der Waals surface area contributed by atoms with E-state index in [9.17, 15) is 9.59 Å². The Morgan fingerprint density at radius 3 is 2.48 bits per heavy atom. The third-order valence-corrected chi connectivity index (χ3v) is 8.15. The van der Waals surface area contributed by atoms with Crippen molar-refractivity contribution < 1.29 is 9.59 Å². The molecule has 0 aromatic carbocycles. The van der Waals surface area contributed by atoms with Crippen LogP contribution < -0.4 is 5.73 Å². The number of carbonyl (C=O) groups excluding carboxylic acids is 2. The molecule has 12 nitrogen and oxygen atoms in total. The number of nitrogens with two attached hydrogens (primary N) is 1. The SMILES string of the molecule is CC(=O)c1c([C@@H]2C[C@H]3CC[C@@H](C2)N3C(=O)c2ccn[nH]2)nc2c(-c3ccc(-n4cc(C)cn4)nc3)cnn2c1N. The molecule has 12 heteroatoms. The monoisotopic (exact) mass is 536 g/mol. The molecule has 2 bridgehead atoms. The van der Waals surface area contributed by atoms with E-state index in [0.717, 1.165) is 29.5 Å². The number of anilines is 1. The van der Waals surface area contributed by atoms with Crippen molar-refractivity contribution in [2.45, 2.75) is 57.5 Å². The molecule has 5 aromatic heterocycles. The number of nitrogens with one attached hydrogen (secondary N) is 1. The molecule has 2 aliphatic rings. The molecule has 1 amide bonds. The van der Waals surface area contributed by atoms with Gasteiger partial charge < -0.3 is 10.6 Å². The average Bonchev–Trinajstić information content (AvgIpc) is 3.75. The first-order valence-corrected chi connectivity index (χ1v) is 13.4. The number of aromatic amines is 1. The lowest BCUT2D eigenvalue weighted by atomic mass is 9.85. The number of rotatable bonds is 5. The number of aryl methyl sites for hydroxylation is 1. The number of nitrogen functional groups attached to an aromatic ring is 1. The number of Topliss-reactive ketones (excluding diaryl/α,β-unsaturated/α-hetero) is 1. The second-order valence-corrected chi connectivity index (χ2v) is 10.7. The van der Waals surface area contributed by atoms with E-state index in [1.807, 2.05) is 30.2 Å². The van der Waals surface area contributed by atoms with E-state index in [1.54, 1.807) is 35.5 Å². The highest BCUT2D eigenvalue weighted by Gasteiger charge is 2.45. The van der Waals surface area contributed by atoms with Crippen LogP contribution in [0.3, 0.4) is 0 Å². The number of ketones is 1. The minimum absolute atomic E-state index is 0.0131. The van der Waals surface area contributed by atoms with Crippen LogP contribution in [-0.2, 0) is 0 Å². The zero-order valence-corrected chi connectivity index (χ0v) is 22.2. The Morgan fingerprint density at radius 2 is 1.85 bits per heavy atom. The van der Waals surface area contributed by atoms with Crippen molar-refractivity contribution in [3.8, 4) is 16.9 Å². The predicted molar refractivity (Wildman–Crippen MR) is 146 cm³/mol. The van der Waals surface area contributed by atoms with E-state index < -0.39 is 0 Å². The number of nitrogens with zero attached hydrogens (tertiary/aromatic N) is 8. The summed E-state index contributed by atoms with van der Waals surface area (Å²) >= 11 is 0. The van der Waals surface area contributed by atoms with Gasteiger partial charge in [-0.25, -0.2) is 14.6 Å². The summed E-state index contributed by atoms with van der Waals surface area (Å²) in [4.78, 5) is 37.7. The van der Waals surface area contributed by atoms with Gasteiger partial charge in [-0.05, 0) is 63.3 Å². The molecule has 7 heterocycles. The van der Waals surface area contributed by atoms with E-state index in [0.29, 0.717) is 41.3 Å². The number of piperidine rings is 1. The molecule has 0 spiro atoms. The summed E-state index contributed by atoms with van der Waals surface area (Å²) in [6.07, 6.45) is 12.0. The molecule has 7 rings (SSSR count). The van der Waals surface area contributed by atoms with E-state index >= 15 is 0 Å². The fourth-order valence-corrected chi connectivity index (χ4v) is 6.36. The number of H-pyrrole nitrogens is 1. The summed E-state index contributed by atoms with van der Waals surface area (Å²) in [6.45, 7) is 3.49. The van der Waals surface area contributed by atoms with Crippen LogP contribution in [0.5, 0.6) is 0 Å². The van der Waals surface area contributed by atoms with Gasteiger partial charge in [0.05, 0.1) is 23.7 Å². The van der Waals surface area contributed by atoms with Crippen molar-refractivity contribution in [3.05, 3.63) is 71.7 Å². The second kappa shape index (κ2) is 9.11. The maximum absolute atomic E-state index is 13.2. The largest absolute Gasteiger partial charge is 0.383 e. The predicted octanol–water partition coefficient (Wildman–Crippen LogP) is 3.34. The molecule has 3 atom stereocenters. The lowest BCUT2D eigenvalue weighted by Gasteiger charge is -2.39. The number of amides is 1. The third kappa shape index (κ3) is 3.78. The van der Waals surface area contributed by atoms with Crippen molar-refractivity contribution in [2.75, 3.05) is 5.73 Å². The number of pyridine rings is 1. The highest BCUT2D eigenvalue weighted by Crippen LogP contribution is 2.45. The van der Waals surface area contributed by atoms with E-state index in [4.69, 9.17) is 10.7 Å². The van der Waals surface area contributed by atoms with Gasteiger partial charge in [0, 0.05) is 47.7 Å². The minimum Gasteiger partial charge on any atom is -0.383 e. The van der Waals surface area contributed by atoms with Crippen LogP contribution in [0.1, 0.15) is 70.6 Å². The minimum atomic E-state index is -0.150. The van der Waals surface area contributed by atoms with Crippen molar-refractivity contribution in [3.63, 3.8) is 0 Å². The molecule has 40 heavy (non-hydrogen) atoms. The molecular formula is C28H28N10O2. The van der Waals surface area contributed by atoms with Crippen molar-refractivity contribution in [1.82, 2.24) is 44.5 Å². The first-order chi connectivity index (χ1) is 19.4. The quantitative estimate of drug-likeness (QED) is 0.324. The Kier molecular flexibility index (Phi) is 5.51. The average molecular weight is 537 g/mol. The maximum atomic E-state index is 13.2. The Balaban J connectivity index is 1.26. The topological polar surface area (TPSA) is 153 Å². The Labute approximate surface area is 229 Å². The zero-order valence-electron chi connectivity index (χ0n) is 22.2. The summed E-state index contributed by atoms with van der Waals surface area (Å²) in [5.74, 6) is 0.784. The Morgan fingerprint density at radius 1 is 1.05 bits per heavy atom. The summed E-state index contributed by atoms with van der Waals surface area (Å²) in [6, 6.07) is 5.67. The molecule has 0 saturated carbocycles. The van der Waals surface area contributed by atoms with Gasteiger partial charge >= 0.3 is 0 Å².